The fraction of sp³-hybridized carbons (Fsp3) is 0.316. The number of hydrogen-bond donors (Lipinski definition) is 1. The van der Waals surface area contributed by atoms with E-state index in [4.69, 9.17) is 9.47 Å². The molecule has 4 nitrogen and oxygen atoms in total. The van der Waals surface area contributed by atoms with Crippen LogP contribution in [0.1, 0.15) is 31.9 Å². The standard InChI is InChI=1S/C19H21NO3/c1-19(2)12-16(15-10-6-7-11-17(15)23-19)20-18(21)13-22-14-8-4-3-5-9-14/h3-11,16H,12-13H2,1-2H3,(H,20,21)/t16-/m0/s1. The average Bonchev–Trinajstić information content (AvgIpc) is 2.53. The van der Waals surface area contributed by atoms with Crippen molar-refractivity contribution in [3.8, 4) is 11.5 Å². The third-order valence-corrected chi connectivity index (χ3v) is 3.82. The highest BCUT2D eigenvalue weighted by molar-refractivity contribution is 5.78. The van der Waals surface area contributed by atoms with Crippen molar-refractivity contribution in [2.75, 3.05) is 6.61 Å². The highest BCUT2D eigenvalue weighted by Gasteiger charge is 2.34. The number of nitrogens with one attached hydrogen (secondary N) is 1. The molecule has 2 aromatic carbocycles. The van der Waals surface area contributed by atoms with Crippen molar-refractivity contribution >= 4 is 5.91 Å². The van der Waals surface area contributed by atoms with E-state index < -0.39 is 0 Å². The van der Waals surface area contributed by atoms with Gasteiger partial charge in [-0.3, -0.25) is 4.79 Å². The summed E-state index contributed by atoms with van der Waals surface area (Å²) in [7, 11) is 0. The Bertz CT molecular complexity index is 682. The lowest BCUT2D eigenvalue weighted by atomic mass is 9.90. The van der Waals surface area contributed by atoms with E-state index in [1.54, 1.807) is 0 Å². The van der Waals surface area contributed by atoms with E-state index in [0.29, 0.717) is 5.75 Å². The minimum absolute atomic E-state index is 0.00393. The number of hydrogen-bond acceptors (Lipinski definition) is 3. The van der Waals surface area contributed by atoms with Crippen molar-refractivity contribution in [1.29, 1.82) is 0 Å². The molecule has 120 valence electrons. The molecule has 0 saturated heterocycles. The van der Waals surface area contributed by atoms with E-state index in [-0.39, 0.29) is 24.2 Å². The molecule has 0 bridgehead atoms. The smallest absolute Gasteiger partial charge is 0.258 e. The number of fused-ring (bicyclic) bond motifs is 1. The van der Waals surface area contributed by atoms with Gasteiger partial charge in [-0.05, 0) is 32.0 Å². The fourth-order valence-corrected chi connectivity index (χ4v) is 2.83. The molecule has 0 radical (unpaired) electrons. The van der Waals surface area contributed by atoms with Crippen LogP contribution < -0.4 is 14.8 Å². The molecule has 0 spiro atoms. The van der Waals surface area contributed by atoms with Crippen molar-refractivity contribution in [2.24, 2.45) is 0 Å². The summed E-state index contributed by atoms with van der Waals surface area (Å²) in [4.78, 5) is 12.2. The van der Waals surface area contributed by atoms with Gasteiger partial charge in [0.1, 0.15) is 17.1 Å². The molecule has 0 unspecified atom stereocenters. The summed E-state index contributed by atoms with van der Waals surface area (Å²) in [5.74, 6) is 1.39. The molecule has 4 heteroatoms. The van der Waals surface area contributed by atoms with Crippen LogP contribution in [0.3, 0.4) is 0 Å². The summed E-state index contributed by atoms with van der Waals surface area (Å²) in [5.41, 5.74) is 0.701. The molecule has 1 N–H and O–H groups in total. The van der Waals surface area contributed by atoms with Gasteiger partial charge in [0.05, 0.1) is 6.04 Å². The normalized spacial score (nSPS) is 18.4. The molecular weight excluding hydrogens is 290 g/mol. The van der Waals surface area contributed by atoms with Crippen LogP contribution in [0.5, 0.6) is 11.5 Å². The fourth-order valence-electron chi connectivity index (χ4n) is 2.83. The number of amides is 1. The SMILES string of the molecule is CC1(C)C[C@H](NC(=O)COc2ccccc2)c2ccccc2O1. The topological polar surface area (TPSA) is 47.6 Å². The third kappa shape index (κ3) is 3.83. The van der Waals surface area contributed by atoms with Gasteiger partial charge in [0.25, 0.3) is 5.91 Å². The van der Waals surface area contributed by atoms with Crippen LogP contribution in [-0.4, -0.2) is 18.1 Å². The predicted molar refractivity (Wildman–Crippen MR) is 88.6 cm³/mol. The molecule has 1 aliphatic heterocycles. The average molecular weight is 311 g/mol. The number of ether oxygens (including phenoxy) is 2. The zero-order valence-electron chi connectivity index (χ0n) is 13.4. The second-order valence-electron chi connectivity index (χ2n) is 6.33. The molecule has 0 fully saturated rings. The first-order valence-corrected chi connectivity index (χ1v) is 7.79. The van der Waals surface area contributed by atoms with E-state index in [0.717, 1.165) is 17.7 Å². The predicted octanol–water partition coefficient (Wildman–Crippen LogP) is 3.48. The molecule has 2 aromatic rings. The Kier molecular flexibility index (Phi) is 4.24. The van der Waals surface area contributed by atoms with Gasteiger partial charge in [-0.2, -0.15) is 0 Å². The van der Waals surface area contributed by atoms with Crippen LogP contribution in [0.2, 0.25) is 0 Å². The Hall–Kier alpha value is -2.49. The van der Waals surface area contributed by atoms with Crippen molar-refractivity contribution in [3.05, 3.63) is 60.2 Å². The molecule has 1 heterocycles. The highest BCUT2D eigenvalue weighted by Crippen LogP contribution is 2.39. The summed E-state index contributed by atoms with van der Waals surface area (Å²) >= 11 is 0. The van der Waals surface area contributed by atoms with Gasteiger partial charge in [0.15, 0.2) is 6.61 Å². The Morgan fingerprint density at radius 3 is 2.65 bits per heavy atom. The first kappa shape index (κ1) is 15.4. The lowest BCUT2D eigenvalue weighted by Gasteiger charge is -2.37. The number of para-hydroxylation sites is 2. The number of carbonyl (C=O) groups is 1. The van der Waals surface area contributed by atoms with Crippen LogP contribution in [0.4, 0.5) is 0 Å². The van der Waals surface area contributed by atoms with E-state index in [1.807, 2.05) is 68.4 Å². The maximum Gasteiger partial charge on any atom is 0.258 e. The first-order chi connectivity index (χ1) is 11.0. The Labute approximate surface area is 136 Å². The van der Waals surface area contributed by atoms with Crippen LogP contribution in [0.25, 0.3) is 0 Å². The van der Waals surface area contributed by atoms with Gasteiger partial charge in [-0.1, -0.05) is 36.4 Å². The Balaban J connectivity index is 1.66. The van der Waals surface area contributed by atoms with E-state index >= 15 is 0 Å². The second-order valence-corrected chi connectivity index (χ2v) is 6.33. The number of carbonyl (C=O) groups excluding carboxylic acids is 1. The molecule has 0 aliphatic carbocycles. The van der Waals surface area contributed by atoms with Crippen molar-refractivity contribution < 1.29 is 14.3 Å². The van der Waals surface area contributed by atoms with Crippen LogP contribution in [0.15, 0.2) is 54.6 Å². The van der Waals surface area contributed by atoms with Crippen molar-refractivity contribution in [2.45, 2.75) is 31.9 Å². The lowest BCUT2D eigenvalue weighted by Crippen LogP contribution is -2.42. The molecule has 0 saturated carbocycles. The molecule has 1 amide bonds. The second kappa shape index (κ2) is 6.32. The Morgan fingerprint density at radius 1 is 1.17 bits per heavy atom. The van der Waals surface area contributed by atoms with Gasteiger partial charge >= 0.3 is 0 Å². The van der Waals surface area contributed by atoms with Crippen LogP contribution >= 0.6 is 0 Å². The minimum atomic E-state index is -0.313. The summed E-state index contributed by atoms with van der Waals surface area (Å²) in [5, 5.41) is 3.06. The van der Waals surface area contributed by atoms with Gasteiger partial charge in [0.2, 0.25) is 0 Å². The maximum absolute atomic E-state index is 12.2. The summed E-state index contributed by atoms with van der Waals surface area (Å²) < 4.78 is 11.5. The van der Waals surface area contributed by atoms with Crippen molar-refractivity contribution in [1.82, 2.24) is 5.32 Å². The monoisotopic (exact) mass is 311 g/mol. The molecule has 3 rings (SSSR count). The van der Waals surface area contributed by atoms with Gasteiger partial charge in [0, 0.05) is 12.0 Å². The number of rotatable bonds is 4. The lowest BCUT2D eigenvalue weighted by molar-refractivity contribution is -0.124. The molecule has 23 heavy (non-hydrogen) atoms. The van der Waals surface area contributed by atoms with Gasteiger partial charge in [-0.15, -0.1) is 0 Å². The van der Waals surface area contributed by atoms with Gasteiger partial charge in [-0.25, -0.2) is 0 Å². The highest BCUT2D eigenvalue weighted by atomic mass is 16.5. The van der Waals surface area contributed by atoms with Crippen molar-refractivity contribution in [3.63, 3.8) is 0 Å². The molecular formula is C19H21NO3. The van der Waals surface area contributed by atoms with Crippen LogP contribution in [0, 0.1) is 0 Å². The van der Waals surface area contributed by atoms with E-state index in [2.05, 4.69) is 5.32 Å². The first-order valence-electron chi connectivity index (χ1n) is 7.79. The molecule has 1 atom stereocenters. The third-order valence-electron chi connectivity index (χ3n) is 3.82. The Morgan fingerprint density at radius 2 is 1.87 bits per heavy atom. The van der Waals surface area contributed by atoms with Crippen LogP contribution in [-0.2, 0) is 4.79 Å². The molecule has 1 aliphatic rings. The van der Waals surface area contributed by atoms with E-state index in [1.165, 1.54) is 0 Å². The largest absolute Gasteiger partial charge is 0.487 e. The summed E-state index contributed by atoms with van der Waals surface area (Å²) in [6, 6.07) is 17.1. The minimum Gasteiger partial charge on any atom is -0.487 e. The van der Waals surface area contributed by atoms with E-state index in [9.17, 15) is 4.79 Å². The van der Waals surface area contributed by atoms with Gasteiger partial charge < -0.3 is 14.8 Å². The molecule has 0 aromatic heterocycles. The quantitative estimate of drug-likeness (QED) is 0.940. The zero-order valence-corrected chi connectivity index (χ0v) is 13.4. The maximum atomic E-state index is 12.2. The zero-order chi connectivity index (χ0) is 16.3. The summed E-state index contributed by atoms with van der Waals surface area (Å²) in [6.07, 6.45) is 0.723. The number of benzene rings is 2. The summed E-state index contributed by atoms with van der Waals surface area (Å²) in [6.45, 7) is 4.06.